The lowest BCUT2D eigenvalue weighted by Gasteiger charge is -2.21. The molecule has 1 heterocycles. The lowest BCUT2D eigenvalue weighted by atomic mass is 10.1. The van der Waals surface area contributed by atoms with E-state index in [1.54, 1.807) is 7.11 Å². The molecule has 1 aromatic rings. The number of carbonyl (C=O) groups excluding carboxylic acids is 1. The van der Waals surface area contributed by atoms with Crippen LogP contribution in [-0.4, -0.2) is 63.8 Å². The first-order valence-corrected chi connectivity index (χ1v) is 8.57. The van der Waals surface area contributed by atoms with Crippen LogP contribution in [0.15, 0.2) is 29.3 Å². The molecule has 0 radical (unpaired) electrons. The van der Waals surface area contributed by atoms with Gasteiger partial charge in [-0.15, -0.1) is 0 Å². The number of amides is 1. The summed E-state index contributed by atoms with van der Waals surface area (Å²) in [6, 6.07) is 7.68. The van der Waals surface area contributed by atoms with Crippen molar-refractivity contribution in [2.45, 2.75) is 12.8 Å². The van der Waals surface area contributed by atoms with Crippen LogP contribution in [0.3, 0.4) is 0 Å². The number of hydrogen-bond acceptors (Lipinski definition) is 4. The van der Waals surface area contributed by atoms with E-state index in [0.29, 0.717) is 11.7 Å². The fourth-order valence-electron chi connectivity index (χ4n) is 2.95. The van der Waals surface area contributed by atoms with E-state index in [9.17, 15) is 4.79 Å². The maximum absolute atomic E-state index is 10.7. The molecule has 3 N–H and O–H groups in total. The van der Waals surface area contributed by atoms with Crippen molar-refractivity contribution in [3.63, 3.8) is 0 Å². The minimum absolute atomic E-state index is 0.100. The van der Waals surface area contributed by atoms with E-state index in [1.807, 2.05) is 31.3 Å². The Morgan fingerprint density at radius 3 is 2.80 bits per heavy atom. The summed E-state index contributed by atoms with van der Waals surface area (Å²) in [5.74, 6) is 1.69. The van der Waals surface area contributed by atoms with Crippen molar-refractivity contribution in [3.05, 3.63) is 29.8 Å². The van der Waals surface area contributed by atoms with Gasteiger partial charge in [0, 0.05) is 39.7 Å². The Kier molecular flexibility index (Phi) is 7.53. The Morgan fingerprint density at radius 1 is 1.40 bits per heavy atom. The van der Waals surface area contributed by atoms with Crippen molar-refractivity contribution < 1.29 is 14.3 Å². The van der Waals surface area contributed by atoms with Crippen molar-refractivity contribution in [3.8, 4) is 5.75 Å². The van der Waals surface area contributed by atoms with Crippen molar-refractivity contribution in [1.29, 1.82) is 0 Å². The predicted octanol–water partition coefficient (Wildman–Crippen LogP) is 0.637. The van der Waals surface area contributed by atoms with Crippen LogP contribution in [0, 0.1) is 5.92 Å². The van der Waals surface area contributed by atoms with Crippen LogP contribution >= 0.6 is 0 Å². The highest BCUT2D eigenvalue weighted by atomic mass is 16.5. The summed E-state index contributed by atoms with van der Waals surface area (Å²) in [6.07, 6.45) is 2.02. The van der Waals surface area contributed by atoms with Gasteiger partial charge in [-0.3, -0.25) is 9.79 Å². The summed E-state index contributed by atoms with van der Waals surface area (Å²) in [5.41, 5.74) is 6.25. The van der Waals surface area contributed by atoms with Crippen molar-refractivity contribution in [1.82, 2.24) is 10.2 Å². The van der Waals surface area contributed by atoms with Crippen LogP contribution in [0.5, 0.6) is 5.75 Å². The molecule has 25 heavy (non-hydrogen) atoms. The number of ether oxygens (including phenoxy) is 2. The first-order valence-electron chi connectivity index (χ1n) is 8.57. The molecule has 1 unspecified atom stereocenters. The Bertz CT molecular complexity index is 574. The molecule has 7 nitrogen and oxygen atoms in total. The van der Waals surface area contributed by atoms with Crippen LogP contribution in [0.4, 0.5) is 0 Å². The standard InChI is InChI=1S/C18H28N4O3/c1-20-18(22-10-8-15(11-22)12-24-2)21-9-7-14-3-5-16(6-4-14)25-13-17(19)23/h3-6,15H,7-13H2,1-2H3,(H2,19,23)(H,20,21). The van der Waals surface area contributed by atoms with Gasteiger partial charge < -0.3 is 25.4 Å². The Balaban J connectivity index is 1.74. The van der Waals surface area contributed by atoms with Gasteiger partial charge in [-0.2, -0.15) is 0 Å². The molecule has 0 bridgehead atoms. The summed E-state index contributed by atoms with van der Waals surface area (Å²) >= 11 is 0. The average Bonchev–Trinajstić information content (AvgIpc) is 3.06. The molecule has 7 heteroatoms. The molecule has 1 atom stereocenters. The second-order valence-electron chi connectivity index (χ2n) is 6.18. The molecule has 1 saturated heterocycles. The van der Waals surface area contributed by atoms with Crippen molar-refractivity contribution >= 4 is 11.9 Å². The topological polar surface area (TPSA) is 89.2 Å². The number of nitrogens with one attached hydrogen (secondary N) is 1. The molecule has 1 aromatic carbocycles. The van der Waals surface area contributed by atoms with E-state index in [1.165, 1.54) is 5.56 Å². The van der Waals surface area contributed by atoms with Gasteiger partial charge in [-0.25, -0.2) is 0 Å². The van der Waals surface area contributed by atoms with Gasteiger partial charge in [0.1, 0.15) is 5.75 Å². The zero-order chi connectivity index (χ0) is 18.1. The summed E-state index contributed by atoms with van der Waals surface area (Å²) < 4.78 is 10.5. The molecule has 1 aliphatic rings. The number of hydrogen-bond donors (Lipinski definition) is 2. The minimum Gasteiger partial charge on any atom is -0.484 e. The maximum atomic E-state index is 10.7. The van der Waals surface area contributed by atoms with Gasteiger partial charge in [-0.05, 0) is 30.5 Å². The third kappa shape index (κ3) is 6.26. The van der Waals surface area contributed by atoms with E-state index in [2.05, 4.69) is 15.2 Å². The first kappa shape index (κ1) is 19.1. The van der Waals surface area contributed by atoms with Gasteiger partial charge in [0.15, 0.2) is 12.6 Å². The molecule has 1 aliphatic heterocycles. The Labute approximate surface area is 149 Å². The van der Waals surface area contributed by atoms with Gasteiger partial charge in [0.25, 0.3) is 5.91 Å². The minimum atomic E-state index is -0.477. The van der Waals surface area contributed by atoms with Crippen LogP contribution in [0.25, 0.3) is 0 Å². The highest BCUT2D eigenvalue weighted by molar-refractivity contribution is 5.80. The van der Waals surface area contributed by atoms with E-state index in [0.717, 1.165) is 45.0 Å². The third-order valence-electron chi connectivity index (χ3n) is 4.20. The fraction of sp³-hybridized carbons (Fsp3) is 0.556. The predicted molar refractivity (Wildman–Crippen MR) is 97.8 cm³/mol. The molecule has 138 valence electrons. The summed E-state index contributed by atoms with van der Waals surface area (Å²) in [7, 11) is 3.57. The molecular formula is C18H28N4O3. The molecule has 0 saturated carbocycles. The molecule has 1 fully saturated rings. The van der Waals surface area contributed by atoms with Crippen LogP contribution < -0.4 is 15.8 Å². The summed E-state index contributed by atoms with van der Waals surface area (Å²) in [6.45, 7) is 3.51. The highest BCUT2D eigenvalue weighted by Crippen LogP contribution is 2.16. The van der Waals surface area contributed by atoms with Gasteiger partial charge in [0.05, 0.1) is 6.61 Å². The second kappa shape index (κ2) is 9.88. The largest absolute Gasteiger partial charge is 0.484 e. The maximum Gasteiger partial charge on any atom is 0.255 e. The number of nitrogens with zero attached hydrogens (tertiary/aromatic N) is 2. The monoisotopic (exact) mass is 348 g/mol. The van der Waals surface area contributed by atoms with Crippen molar-refractivity contribution in [2.24, 2.45) is 16.6 Å². The molecule has 0 aromatic heterocycles. The van der Waals surface area contributed by atoms with E-state index < -0.39 is 5.91 Å². The Hall–Kier alpha value is -2.28. The fourth-order valence-corrected chi connectivity index (χ4v) is 2.95. The van der Waals surface area contributed by atoms with Crippen LogP contribution in [0.2, 0.25) is 0 Å². The molecule has 2 rings (SSSR count). The zero-order valence-electron chi connectivity index (χ0n) is 15.0. The van der Waals surface area contributed by atoms with Gasteiger partial charge in [-0.1, -0.05) is 12.1 Å². The number of benzene rings is 1. The number of primary amides is 1. The molecular weight excluding hydrogens is 320 g/mol. The summed E-state index contributed by atoms with van der Waals surface area (Å²) in [4.78, 5) is 17.4. The quantitative estimate of drug-likeness (QED) is 0.531. The number of aliphatic imine (C=N–C) groups is 1. The second-order valence-corrected chi connectivity index (χ2v) is 6.18. The van der Waals surface area contributed by atoms with E-state index in [4.69, 9.17) is 15.2 Å². The Morgan fingerprint density at radius 2 is 2.16 bits per heavy atom. The molecule has 0 spiro atoms. The third-order valence-corrected chi connectivity index (χ3v) is 4.20. The number of guanidine groups is 1. The lowest BCUT2D eigenvalue weighted by Crippen LogP contribution is -2.41. The zero-order valence-corrected chi connectivity index (χ0v) is 15.0. The number of rotatable bonds is 8. The first-order chi connectivity index (χ1) is 12.1. The smallest absolute Gasteiger partial charge is 0.255 e. The van der Waals surface area contributed by atoms with Crippen LogP contribution in [-0.2, 0) is 16.0 Å². The number of likely N-dealkylation sites (tertiary alicyclic amines) is 1. The normalized spacial score (nSPS) is 17.6. The highest BCUT2D eigenvalue weighted by Gasteiger charge is 2.24. The average molecular weight is 348 g/mol. The van der Waals surface area contributed by atoms with Gasteiger partial charge in [0.2, 0.25) is 0 Å². The molecule has 0 aliphatic carbocycles. The molecule has 1 amide bonds. The SMILES string of the molecule is CN=C(NCCc1ccc(OCC(N)=O)cc1)N1CCC(COC)C1. The number of methoxy groups -OCH3 is 1. The van der Waals surface area contributed by atoms with E-state index >= 15 is 0 Å². The number of nitrogens with two attached hydrogens (primary N) is 1. The van der Waals surface area contributed by atoms with Crippen molar-refractivity contribution in [2.75, 3.05) is 47.0 Å². The summed E-state index contributed by atoms with van der Waals surface area (Å²) in [5, 5.41) is 3.42. The number of carbonyl (C=O) groups is 1. The van der Waals surface area contributed by atoms with Crippen LogP contribution in [0.1, 0.15) is 12.0 Å². The van der Waals surface area contributed by atoms with E-state index in [-0.39, 0.29) is 6.61 Å². The van der Waals surface area contributed by atoms with Gasteiger partial charge >= 0.3 is 0 Å². The lowest BCUT2D eigenvalue weighted by molar-refractivity contribution is -0.119.